The summed E-state index contributed by atoms with van der Waals surface area (Å²) in [5.74, 6) is 1.34. The zero-order valence-electron chi connectivity index (χ0n) is 15.2. The first kappa shape index (κ1) is 17.9. The SMILES string of the molecule is CCCCCC(=O)n1nc(-c2ccco2)nc1NCc1ccc(C)cc1. The normalized spacial score (nSPS) is 10.8. The molecule has 6 heteroatoms. The Kier molecular flexibility index (Phi) is 5.84. The Labute approximate surface area is 153 Å². The topological polar surface area (TPSA) is 73.0 Å². The summed E-state index contributed by atoms with van der Waals surface area (Å²) < 4.78 is 6.73. The van der Waals surface area contributed by atoms with E-state index in [2.05, 4.69) is 53.5 Å². The molecular formula is C20H24N4O2. The molecule has 0 amide bonds. The molecule has 6 nitrogen and oxygen atoms in total. The van der Waals surface area contributed by atoms with Gasteiger partial charge in [-0.05, 0) is 31.0 Å². The lowest BCUT2D eigenvalue weighted by Crippen LogP contribution is -2.16. The molecule has 0 radical (unpaired) electrons. The monoisotopic (exact) mass is 352 g/mol. The van der Waals surface area contributed by atoms with Gasteiger partial charge in [0.25, 0.3) is 0 Å². The van der Waals surface area contributed by atoms with E-state index in [-0.39, 0.29) is 5.91 Å². The van der Waals surface area contributed by atoms with Crippen LogP contribution in [0.1, 0.15) is 48.5 Å². The number of nitrogens with zero attached hydrogens (tertiary/aromatic N) is 3. The molecule has 0 aliphatic carbocycles. The van der Waals surface area contributed by atoms with Crippen LogP contribution in [0.2, 0.25) is 0 Å². The predicted octanol–water partition coefficient (Wildman–Crippen LogP) is 4.68. The van der Waals surface area contributed by atoms with Gasteiger partial charge in [-0.3, -0.25) is 4.79 Å². The van der Waals surface area contributed by atoms with Gasteiger partial charge in [-0.2, -0.15) is 9.67 Å². The van der Waals surface area contributed by atoms with Crippen molar-refractivity contribution >= 4 is 11.9 Å². The Balaban J connectivity index is 1.79. The Bertz CT molecular complexity index is 835. The van der Waals surface area contributed by atoms with Crippen molar-refractivity contribution in [1.29, 1.82) is 0 Å². The summed E-state index contributed by atoms with van der Waals surface area (Å²) in [4.78, 5) is 17.0. The number of carbonyl (C=O) groups is 1. The van der Waals surface area contributed by atoms with Crippen LogP contribution >= 0.6 is 0 Å². The number of carbonyl (C=O) groups excluding carboxylic acids is 1. The van der Waals surface area contributed by atoms with Crippen molar-refractivity contribution in [3.8, 4) is 11.6 Å². The van der Waals surface area contributed by atoms with Crippen LogP contribution in [0, 0.1) is 6.92 Å². The second kappa shape index (κ2) is 8.47. The number of unbranched alkanes of at least 4 members (excludes halogenated alkanes) is 2. The molecular weight excluding hydrogens is 328 g/mol. The summed E-state index contributed by atoms with van der Waals surface area (Å²) in [7, 11) is 0. The molecule has 0 bridgehead atoms. The Hall–Kier alpha value is -2.89. The van der Waals surface area contributed by atoms with Crippen LogP contribution in [0.4, 0.5) is 5.95 Å². The second-order valence-corrected chi connectivity index (χ2v) is 6.34. The molecule has 3 rings (SSSR count). The molecule has 2 heterocycles. The molecule has 0 atom stereocenters. The van der Waals surface area contributed by atoms with Crippen molar-refractivity contribution in [3.05, 3.63) is 53.8 Å². The summed E-state index contributed by atoms with van der Waals surface area (Å²) in [5, 5.41) is 7.59. The number of hydrogen-bond donors (Lipinski definition) is 1. The van der Waals surface area contributed by atoms with E-state index in [4.69, 9.17) is 4.42 Å². The van der Waals surface area contributed by atoms with E-state index in [1.165, 1.54) is 10.2 Å². The zero-order valence-corrected chi connectivity index (χ0v) is 15.2. The summed E-state index contributed by atoms with van der Waals surface area (Å²) in [6.07, 6.45) is 4.97. The largest absolute Gasteiger partial charge is 0.461 e. The first-order valence-corrected chi connectivity index (χ1v) is 9.01. The van der Waals surface area contributed by atoms with Crippen LogP contribution < -0.4 is 5.32 Å². The van der Waals surface area contributed by atoms with Gasteiger partial charge in [-0.15, -0.1) is 5.10 Å². The molecule has 0 aliphatic heterocycles. The minimum absolute atomic E-state index is 0.0600. The van der Waals surface area contributed by atoms with Crippen molar-refractivity contribution in [1.82, 2.24) is 14.8 Å². The average Bonchev–Trinajstić information content (AvgIpc) is 3.31. The highest BCUT2D eigenvalue weighted by atomic mass is 16.3. The fourth-order valence-corrected chi connectivity index (χ4v) is 2.63. The molecule has 0 fully saturated rings. The van der Waals surface area contributed by atoms with Crippen LogP contribution in [-0.2, 0) is 6.54 Å². The minimum atomic E-state index is -0.0600. The fraction of sp³-hybridized carbons (Fsp3) is 0.350. The maximum absolute atomic E-state index is 12.6. The molecule has 0 saturated carbocycles. The molecule has 3 aromatic rings. The third kappa shape index (κ3) is 4.39. The van der Waals surface area contributed by atoms with Gasteiger partial charge in [-0.25, -0.2) is 0 Å². The lowest BCUT2D eigenvalue weighted by atomic mass is 10.1. The smallest absolute Gasteiger partial charge is 0.250 e. The van der Waals surface area contributed by atoms with Crippen LogP contribution in [0.3, 0.4) is 0 Å². The predicted molar refractivity (Wildman–Crippen MR) is 101 cm³/mol. The van der Waals surface area contributed by atoms with Gasteiger partial charge in [0.2, 0.25) is 17.7 Å². The molecule has 2 aromatic heterocycles. The molecule has 136 valence electrons. The molecule has 0 spiro atoms. The maximum Gasteiger partial charge on any atom is 0.250 e. The van der Waals surface area contributed by atoms with Gasteiger partial charge in [0.05, 0.1) is 6.26 Å². The Morgan fingerprint density at radius 2 is 2.00 bits per heavy atom. The first-order valence-electron chi connectivity index (χ1n) is 9.01. The number of furan rings is 1. The number of nitrogens with one attached hydrogen (secondary N) is 1. The van der Waals surface area contributed by atoms with E-state index in [0.29, 0.717) is 30.5 Å². The Morgan fingerprint density at radius 3 is 2.69 bits per heavy atom. The van der Waals surface area contributed by atoms with E-state index < -0.39 is 0 Å². The zero-order chi connectivity index (χ0) is 18.4. The number of anilines is 1. The van der Waals surface area contributed by atoms with Crippen molar-refractivity contribution in [3.63, 3.8) is 0 Å². The maximum atomic E-state index is 12.6. The quantitative estimate of drug-likeness (QED) is 0.596. The number of benzene rings is 1. The second-order valence-electron chi connectivity index (χ2n) is 6.34. The summed E-state index contributed by atoms with van der Waals surface area (Å²) in [6.45, 7) is 4.74. The molecule has 0 saturated heterocycles. The minimum Gasteiger partial charge on any atom is -0.461 e. The van der Waals surface area contributed by atoms with Gasteiger partial charge in [-0.1, -0.05) is 49.6 Å². The molecule has 1 aromatic carbocycles. The molecule has 1 N–H and O–H groups in total. The summed E-state index contributed by atoms with van der Waals surface area (Å²) in [5.41, 5.74) is 2.33. The van der Waals surface area contributed by atoms with Crippen molar-refractivity contribution in [2.24, 2.45) is 0 Å². The first-order chi connectivity index (χ1) is 12.7. The lowest BCUT2D eigenvalue weighted by molar-refractivity contribution is 0.0886. The van der Waals surface area contributed by atoms with E-state index in [9.17, 15) is 4.79 Å². The third-order valence-electron chi connectivity index (χ3n) is 4.15. The highest BCUT2D eigenvalue weighted by Crippen LogP contribution is 2.19. The molecule has 0 aliphatic rings. The summed E-state index contributed by atoms with van der Waals surface area (Å²) in [6, 6.07) is 11.8. The molecule has 26 heavy (non-hydrogen) atoms. The third-order valence-corrected chi connectivity index (χ3v) is 4.15. The van der Waals surface area contributed by atoms with E-state index in [0.717, 1.165) is 24.8 Å². The molecule has 0 unspecified atom stereocenters. The van der Waals surface area contributed by atoms with Gasteiger partial charge < -0.3 is 9.73 Å². The highest BCUT2D eigenvalue weighted by molar-refractivity contribution is 5.81. The van der Waals surface area contributed by atoms with Crippen LogP contribution in [0.5, 0.6) is 0 Å². The lowest BCUT2D eigenvalue weighted by Gasteiger charge is -2.07. The Morgan fingerprint density at radius 1 is 1.19 bits per heavy atom. The highest BCUT2D eigenvalue weighted by Gasteiger charge is 2.18. The number of aryl methyl sites for hydroxylation is 1. The number of hydrogen-bond acceptors (Lipinski definition) is 5. The average molecular weight is 352 g/mol. The number of rotatable bonds is 8. The van der Waals surface area contributed by atoms with Crippen LogP contribution in [0.15, 0.2) is 47.1 Å². The van der Waals surface area contributed by atoms with Crippen LogP contribution in [0.25, 0.3) is 11.6 Å². The van der Waals surface area contributed by atoms with E-state index in [1.54, 1.807) is 18.4 Å². The van der Waals surface area contributed by atoms with Crippen molar-refractivity contribution < 1.29 is 9.21 Å². The fourth-order valence-electron chi connectivity index (χ4n) is 2.63. The number of aromatic nitrogens is 3. The van der Waals surface area contributed by atoms with Gasteiger partial charge in [0, 0.05) is 13.0 Å². The standard InChI is InChI=1S/C20H24N4O2/c1-3-4-5-8-18(25)24-20(21-14-16-11-9-15(2)10-12-16)22-19(23-24)17-7-6-13-26-17/h6-7,9-13H,3-5,8,14H2,1-2H3,(H,21,22,23). The van der Waals surface area contributed by atoms with E-state index >= 15 is 0 Å². The van der Waals surface area contributed by atoms with Gasteiger partial charge in [0.1, 0.15) is 0 Å². The van der Waals surface area contributed by atoms with Crippen LogP contribution in [-0.4, -0.2) is 20.7 Å². The summed E-state index contributed by atoms with van der Waals surface area (Å²) >= 11 is 0. The van der Waals surface area contributed by atoms with Gasteiger partial charge >= 0.3 is 0 Å². The van der Waals surface area contributed by atoms with Gasteiger partial charge in [0.15, 0.2) is 5.76 Å². The van der Waals surface area contributed by atoms with Crippen molar-refractivity contribution in [2.45, 2.75) is 46.1 Å². The van der Waals surface area contributed by atoms with E-state index in [1.807, 2.05) is 0 Å². The van der Waals surface area contributed by atoms with Crippen molar-refractivity contribution in [2.75, 3.05) is 5.32 Å².